The molecule has 1 aromatic rings. The van der Waals surface area contributed by atoms with Crippen LogP contribution in [-0.4, -0.2) is 22.8 Å². The lowest BCUT2D eigenvalue weighted by atomic mass is 10.0. The van der Waals surface area contributed by atoms with Crippen molar-refractivity contribution in [2.75, 3.05) is 0 Å². The van der Waals surface area contributed by atoms with Crippen molar-refractivity contribution in [3.05, 3.63) is 29.8 Å². The Labute approximate surface area is 87.2 Å². The summed E-state index contributed by atoms with van der Waals surface area (Å²) in [5.41, 5.74) is 0.599. The van der Waals surface area contributed by atoms with Crippen molar-refractivity contribution < 1.29 is 14.7 Å². The number of ketones is 1. The summed E-state index contributed by atoms with van der Waals surface area (Å²) in [4.78, 5) is 11.8. The molecule has 0 spiro atoms. The third-order valence-electron chi connectivity index (χ3n) is 2.32. The van der Waals surface area contributed by atoms with Crippen molar-refractivity contribution in [1.29, 1.82) is 0 Å². The number of Topliss-reactive ketones (excluding diaryl/α,β-unsaturated/α-hetero) is 1. The van der Waals surface area contributed by atoms with E-state index in [4.69, 9.17) is 9.94 Å². The van der Waals surface area contributed by atoms with E-state index in [-0.39, 0.29) is 17.6 Å². The Morgan fingerprint density at radius 2 is 2.20 bits per heavy atom. The molecule has 0 radical (unpaired) electrons. The Kier molecular flexibility index (Phi) is 2.41. The van der Waals surface area contributed by atoms with Crippen molar-refractivity contribution in [2.45, 2.75) is 19.4 Å². The Morgan fingerprint density at radius 3 is 2.93 bits per heavy atom. The predicted molar refractivity (Wildman–Crippen MR) is 54.7 cm³/mol. The Hall–Kier alpha value is -1.84. The normalized spacial score (nSPS) is 23.1. The number of benzene rings is 1. The molecule has 1 N–H and O–H groups in total. The fourth-order valence-electron chi connectivity index (χ4n) is 1.62. The van der Waals surface area contributed by atoms with E-state index in [1.165, 1.54) is 0 Å². The topological polar surface area (TPSA) is 58.9 Å². The van der Waals surface area contributed by atoms with E-state index in [0.717, 1.165) is 0 Å². The highest BCUT2D eigenvalue weighted by atomic mass is 16.5. The molecule has 1 unspecified atom stereocenters. The quantitative estimate of drug-likeness (QED) is 0.519. The van der Waals surface area contributed by atoms with Crippen molar-refractivity contribution in [3.8, 4) is 5.75 Å². The van der Waals surface area contributed by atoms with E-state index < -0.39 is 0 Å². The molecule has 78 valence electrons. The number of hydrogen-bond donors (Lipinski definition) is 1. The summed E-state index contributed by atoms with van der Waals surface area (Å²) in [5, 5.41) is 11.8. The van der Waals surface area contributed by atoms with Gasteiger partial charge in [0.25, 0.3) is 0 Å². The van der Waals surface area contributed by atoms with Crippen molar-refractivity contribution >= 4 is 11.5 Å². The molecule has 0 amide bonds. The van der Waals surface area contributed by atoms with E-state index >= 15 is 0 Å². The molecule has 15 heavy (non-hydrogen) atoms. The number of carbonyl (C=O) groups is 1. The third-order valence-corrected chi connectivity index (χ3v) is 2.32. The molecule has 0 aliphatic carbocycles. The Morgan fingerprint density at radius 1 is 1.47 bits per heavy atom. The number of para-hydroxylation sites is 1. The first kappa shape index (κ1) is 9.71. The van der Waals surface area contributed by atoms with Gasteiger partial charge < -0.3 is 9.94 Å². The van der Waals surface area contributed by atoms with E-state index in [0.29, 0.717) is 17.7 Å². The highest BCUT2D eigenvalue weighted by Crippen LogP contribution is 2.25. The van der Waals surface area contributed by atoms with Gasteiger partial charge in [-0.1, -0.05) is 17.3 Å². The van der Waals surface area contributed by atoms with Gasteiger partial charge in [0.05, 0.1) is 5.56 Å². The van der Waals surface area contributed by atoms with Crippen LogP contribution in [-0.2, 0) is 0 Å². The zero-order chi connectivity index (χ0) is 10.8. The van der Waals surface area contributed by atoms with Crippen LogP contribution in [0.25, 0.3) is 0 Å². The maximum atomic E-state index is 11.8. The molecule has 1 aliphatic heterocycles. The van der Waals surface area contributed by atoms with Crippen molar-refractivity contribution in [1.82, 2.24) is 0 Å². The Balaban J connectivity index is 2.52. The second-order valence-corrected chi connectivity index (χ2v) is 3.50. The molecule has 1 aromatic carbocycles. The van der Waals surface area contributed by atoms with Crippen LogP contribution in [0.3, 0.4) is 0 Å². The van der Waals surface area contributed by atoms with Crippen molar-refractivity contribution in [3.63, 3.8) is 0 Å². The summed E-state index contributed by atoms with van der Waals surface area (Å²) in [6.45, 7) is 1.83. The minimum Gasteiger partial charge on any atom is -0.490 e. The Bertz CT molecular complexity index is 426. The van der Waals surface area contributed by atoms with E-state index in [1.807, 2.05) is 6.92 Å². The van der Waals surface area contributed by atoms with Crippen LogP contribution < -0.4 is 4.74 Å². The molecule has 0 saturated heterocycles. The van der Waals surface area contributed by atoms with Gasteiger partial charge >= 0.3 is 0 Å². The predicted octanol–water partition coefficient (Wildman–Crippen LogP) is 1.87. The van der Waals surface area contributed by atoms with Crippen LogP contribution in [0, 0.1) is 0 Å². The summed E-state index contributed by atoms with van der Waals surface area (Å²) >= 11 is 0. The third kappa shape index (κ3) is 1.70. The number of oxime groups is 1. The molecular weight excluding hydrogens is 194 g/mol. The van der Waals surface area contributed by atoms with E-state index in [9.17, 15) is 4.79 Å². The van der Waals surface area contributed by atoms with Gasteiger partial charge in [0.2, 0.25) is 5.78 Å². The monoisotopic (exact) mass is 205 g/mol. The van der Waals surface area contributed by atoms with Crippen LogP contribution >= 0.6 is 0 Å². The van der Waals surface area contributed by atoms with Crippen LogP contribution in [0.5, 0.6) is 5.75 Å². The average Bonchev–Trinajstić information content (AvgIpc) is 2.36. The molecule has 0 saturated carbocycles. The maximum Gasteiger partial charge on any atom is 0.214 e. The zero-order valence-electron chi connectivity index (χ0n) is 8.30. The van der Waals surface area contributed by atoms with Crippen LogP contribution in [0.4, 0.5) is 0 Å². The maximum absolute atomic E-state index is 11.8. The van der Waals surface area contributed by atoms with Crippen LogP contribution in [0.1, 0.15) is 23.7 Å². The van der Waals surface area contributed by atoms with Gasteiger partial charge in [-0.05, 0) is 19.1 Å². The van der Waals surface area contributed by atoms with Crippen molar-refractivity contribution in [2.24, 2.45) is 5.16 Å². The molecule has 0 fully saturated rings. The summed E-state index contributed by atoms with van der Waals surface area (Å²) < 4.78 is 5.55. The number of ether oxygens (including phenoxy) is 1. The highest BCUT2D eigenvalue weighted by Gasteiger charge is 2.26. The minimum atomic E-state index is -0.266. The minimum absolute atomic E-state index is 0.146. The smallest absolute Gasteiger partial charge is 0.214 e. The zero-order valence-corrected chi connectivity index (χ0v) is 8.30. The first-order valence-electron chi connectivity index (χ1n) is 4.73. The number of hydrogen-bond acceptors (Lipinski definition) is 4. The van der Waals surface area contributed by atoms with Gasteiger partial charge in [-0.2, -0.15) is 0 Å². The fourth-order valence-corrected chi connectivity index (χ4v) is 1.62. The van der Waals surface area contributed by atoms with E-state index in [1.54, 1.807) is 24.3 Å². The molecule has 1 heterocycles. The molecule has 1 aliphatic rings. The second kappa shape index (κ2) is 3.73. The highest BCUT2D eigenvalue weighted by molar-refractivity contribution is 6.46. The molecule has 4 nitrogen and oxygen atoms in total. The van der Waals surface area contributed by atoms with Gasteiger partial charge in [0.15, 0.2) is 0 Å². The summed E-state index contributed by atoms with van der Waals surface area (Å²) in [5.74, 6) is 0.283. The molecule has 4 heteroatoms. The first-order valence-corrected chi connectivity index (χ1v) is 4.73. The van der Waals surface area contributed by atoms with Gasteiger partial charge in [0.1, 0.15) is 17.6 Å². The van der Waals surface area contributed by atoms with Crippen LogP contribution in [0.15, 0.2) is 29.4 Å². The molecular formula is C11H11NO3. The van der Waals surface area contributed by atoms with Gasteiger partial charge in [0, 0.05) is 6.42 Å². The molecule has 0 aromatic heterocycles. The summed E-state index contributed by atoms with van der Waals surface area (Å²) in [6, 6.07) is 6.97. The number of carbonyl (C=O) groups excluding carboxylic acids is 1. The molecule has 1 atom stereocenters. The first-order chi connectivity index (χ1) is 7.22. The van der Waals surface area contributed by atoms with Gasteiger partial charge in [-0.3, -0.25) is 4.79 Å². The molecule has 2 rings (SSSR count). The van der Waals surface area contributed by atoms with E-state index in [2.05, 4.69) is 5.16 Å². The molecule has 0 bridgehead atoms. The largest absolute Gasteiger partial charge is 0.490 e. The summed E-state index contributed by atoms with van der Waals surface area (Å²) in [7, 11) is 0. The number of rotatable bonds is 0. The second-order valence-electron chi connectivity index (χ2n) is 3.50. The number of fused-ring (bicyclic) bond motifs is 1. The fraction of sp³-hybridized carbons (Fsp3) is 0.273. The number of nitrogens with zero attached hydrogens (tertiary/aromatic N) is 1. The standard InChI is InChI=1S/C11H11NO3/c1-7-6-9(12-14)11(13)8-4-2-3-5-10(8)15-7/h2-5,7,14H,6H2,1H3/b12-9+. The lowest BCUT2D eigenvalue weighted by Crippen LogP contribution is -2.18. The lowest BCUT2D eigenvalue weighted by molar-refractivity contribution is 0.106. The lowest BCUT2D eigenvalue weighted by Gasteiger charge is -2.10. The summed E-state index contributed by atoms with van der Waals surface area (Å²) in [6.07, 6.45) is 0.160. The van der Waals surface area contributed by atoms with Crippen LogP contribution in [0.2, 0.25) is 0 Å². The SMILES string of the molecule is CC1C/C(=N\O)C(=O)c2ccccc2O1. The van der Waals surface area contributed by atoms with Gasteiger partial charge in [-0.25, -0.2) is 0 Å². The average molecular weight is 205 g/mol. The van der Waals surface area contributed by atoms with Gasteiger partial charge in [-0.15, -0.1) is 0 Å².